The van der Waals surface area contributed by atoms with Crippen molar-refractivity contribution >= 4 is 52.9 Å². The second-order valence-electron chi connectivity index (χ2n) is 9.98. The summed E-state index contributed by atoms with van der Waals surface area (Å²) >= 11 is 0. The van der Waals surface area contributed by atoms with E-state index >= 15 is 0 Å². The molecule has 19 heteroatoms. The molecule has 246 valence electrons. The van der Waals surface area contributed by atoms with Gasteiger partial charge in [0.25, 0.3) is 11.5 Å². The van der Waals surface area contributed by atoms with Crippen molar-refractivity contribution in [3.05, 3.63) is 40.2 Å². The molecule has 0 fully saturated rings. The predicted octanol–water partition coefficient (Wildman–Crippen LogP) is -1.60. The number of hydrogen-bond acceptors (Lipinski definition) is 12. The highest BCUT2D eigenvalue weighted by Gasteiger charge is 2.27. The summed E-state index contributed by atoms with van der Waals surface area (Å²) in [5, 5.41) is 44.3. The van der Waals surface area contributed by atoms with Gasteiger partial charge >= 0.3 is 17.9 Å². The summed E-state index contributed by atoms with van der Waals surface area (Å²) in [4.78, 5) is 65.1. The van der Waals surface area contributed by atoms with Gasteiger partial charge in [-0.05, 0) is 43.5 Å². The number of carboxylic acids is 3. The van der Waals surface area contributed by atoms with Crippen LogP contribution in [-0.2, 0) is 14.4 Å². The zero-order valence-electron chi connectivity index (χ0n) is 24.5. The zero-order valence-corrected chi connectivity index (χ0v) is 24.5. The van der Waals surface area contributed by atoms with E-state index in [0.29, 0.717) is 44.0 Å². The van der Waals surface area contributed by atoms with Crippen LogP contribution in [-0.4, -0.2) is 99.9 Å². The molecule has 0 bridgehead atoms. The lowest BCUT2D eigenvalue weighted by molar-refractivity contribution is -0.141. The highest BCUT2D eigenvalue weighted by Crippen LogP contribution is 2.25. The molecular weight excluding hydrogens is 594 g/mol. The van der Waals surface area contributed by atoms with Crippen LogP contribution in [0.2, 0.25) is 0 Å². The predicted molar refractivity (Wildman–Crippen MR) is 165 cm³/mol. The number of likely N-dealkylation sites (N-methyl/N-ethyl adjacent to an activating group) is 1. The first-order chi connectivity index (χ1) is 21.2. The maximum Gasteiger partial charge on any atom is 0.326 e. The van der Waals surface area contributed by atoms with Gasteiger partial charge in [-0.1, -0.05) is 0 Å². The SMILES string of the molecule is CN1c2c(nc(N)[nH]c2=O)NC[C@@H]1CNc1ccc(C(=O)NC(CCC(=O)O)C(=O)O)cc1.N=C(N)NCCC[C@H](N)C(=O)O. The molecule has 3 rings (SSSR count). The number of anilines is 4. The van der Waals surface area contributed by atoms with Crippen LogP contribution in [0.1, 0.15) is 36.0 Å². The number of aromatic amines is 1. The number of aliphatic carboxylic acids is 3. The molecule has 0 saturated heterocycles. The average Bonchev–Trinajstić information content (AvgIpc) is 2.96. The lowest BCUT2D eigenvalue weighted by atomic mass is 10.1. The number of nitrogens with one attached hydrogen (secondary N) is 6. The third kappa shape index (κ3) is 11.5. The molecule has 1 aliphatic heterocycles. The summed E-state index contributed by atoms with van der Waals surface area (Å²) in [5.74, 6) is -3.70. The second kappa shape index (κ2) is 16.9. The zero-order chi connectivity index (χ0) is 33.7. The van der Waals surface area contributed by atoms with Crippen molar-refractivity contribution in [3.63, 3.8) is 0 Å². The summed E-state index contributed by atoms with van der Waals surface area (Å²) < 4.78 is 0. The number of H-pyrrole nitrogens is 1. The van der Waals surface area contributed by atoms with Crippen LogP contribution in [0.3, 0.4) is 0 Å². The summed E-state index contributed by atoms with van der Waals surface area (Å²) in [6.07, 6.45) is 0.389. The number of aromatic nitrogens is 2. The van der Waals surface area contributed by atoms with Crippen molar-refractivity contribution in [2.75, 3.05) is 47.9 Å². The van der Waals surface area contributed by atoms with E-state index in [1.807, 2.05) is 4.90 Å². The fraction of sp³-hybridized carbons (Fsp3) is 0.423. The number of hydrogen-bond donors (Lipinski definition) is 12. The van der Waals surface area contributed by atoms with Crippen LogP contribution in [0.15, 0.2) is 29.1 Å². The van der Waals surface area contributed by atoms with Gasteiger partial charge in [-0.15, -0.1) is 0 Å². The number of carboxylic acid groups (broad SMARTS) is 3. The molecule has 0 saturated carbocycles. The Hall–Kier alpha value is -5.59. The van der Waals surface area contributed by atoms with Crippen molar-refractivity contribution < 1.29 is 34.5 Å². The van der Waals surface area contributed by atoms with E-state index in [9.17, 15) is 29.1 Å². The van der Waals surface area contributed by atoms with E-state index in [1.165, 1.54) is 12.1 Å². The van der Waals surface area contributed by atoms with Crippen LogP contribution in [0.25, 0.3) is 0 Å². The van der Waals surface area contributed by atoms with Crippen molar-refractivity contribution in [2.45, 2.75) is 43.8 Å². The smallest absolute Gasteiger partial charge is 0.326 e. The monoisotopic (exact) mass is 633 g/mol. The van der Waals surface area contributed by atoms with E-state index in [4.69, 9.17) is 32.8 Å². The highest BCUT2D eigenvalue weighted by atomic mass is 16.4. The lowest BCUT2D eigenvalue weighted by Gasteiger charge is -2.35. The topological polar surface area (TPSA) is 328 Å². The normalized spacial score (nSPS) is 14.7. The molecule has 19 nitrogen and oxygen atoms in total. The Kier molecular flexibility index (Phi) is 13.4. The van der Waals surface area contributed by atoms with Gasteiger partial charge in [-0.2, -0.15) is 4.98 Å². The summed E-state index contributed by atoms with van der Waals surface area (Å²) in [7, 11) is 1.79. The first-order valence-electron chi connectivity index (χ1n) is 13.7. The number of fused-ring (bicyclic) bond motifs is 1. The largest absolute Gasteiger partial charge is 0.481 e. The molecule has 2 aromatic rings. The highest BCUT2D eigenvalue weighted by molar-refractivity contribution is 5.97. The Morgan fingerprint density at radius 2 is 1.80 bits per heavy atom. The molecule has 15 N–H and O–H groups in total. The minimum absolute atomic E-state index is 0.0388. The molecular formula is C26H39N11O8. The molecule has 2 heterocycles. The van der Waals surface area contributed by atoms with Gasteiger partial charge in [0.15, 0.2) is 11.8 Å². The van der Waals surface area contributed by atoms with E-state index in [2.05, 4.69) is 31.2 Å². The van der Waals surface area contributed by atoms with Crippen LogP contribution < -0.4 is 48.9 Å². The quantitative estimate of drug-likeness (QED) is 0.0633. The fourth-order valence-corrected chi connectivity index (χ4v) is 4.09. The molecule has 1 amide bonds. The Morgan fingerprint density at radius 3 is 2.38 bits per heavy atom. The number of rotatable bonds is 14. The lowest BCUT2D eigenvalue weighted by Crippen LogP contribution is -2.48. The van der Waals surface area contributed by atoms with Crippen LogP contribution in [0, 0.1) is 5.41 Å². The molecule has 0 radical (unpaired) electrons. The number of nitrogens with two attached hydrogens (primary N) is 3. The summed E-state index contributed by atoms with van der Waals surface area (Å²) in [5.41, 5.74) is 16.8. The maximum atomic E-state index is 12.3. The van der Waals surface area contributed by atoms with Crippen molar-refractivity contribution in [2.24, 2.45) is 11.5 Å². The first kappa shape index (κ1) is 35.6. The summed E-state index contributed by atoms with van der Waals surface area (Å²) in [6, 6.07) is 4.21. The number of carbonyl (C=O) groups excluding carboxylic acids is 1. The Bertz CT molecular complexity index is 1420. The Labute approximate surface area is 257 Å². The number of benzene rings is 1. The molecule has 1 aromatic carbocycles. The van der Waals surface area contributed by atoms with Gasteiger partial charge in [0.1, 0.15) is 17.8 Å². The molecule has 3 atom stereocenters. The van der Waals surface area contributed by atoms with E-state index in [1.54, 1.807) is 19.2 Å². The minimum atomic E-state index is -1.30. The van der Waals surface area contributed by atoms with Crippen molar-refractivity contribution in [1.29, 1.82) is 5.41 Å². The molecule has 0 spiro atoms. The van der Waals surface area contributed by atoms with E-state index < -0.39 is 35.9 Å². The van der Waals surface area contributed by atoms with Crippen LogP contribution >= 0.6 is 0 Å². The van der Waals surface area contributed by atoms with E-state index in [0.717, 1.165) is 5.69 Å². The maximum absolute atomic E-state index is 12.3. The van der Waals surface area contributed by atoms with Gasteiger partial charge in [0, 0.05) is 44.4 Å². The number of nitrogens with zero attached hydrogens (tertiary/aromatic N) is 2. The van der Waals surface area contributed by atoms with Crippen LogP contribution in [0.4, 0.5) is 23.1 Å². The number of guanidine groups is 1. The van der Waals surface area contributed by atoms with Gasteiger partial charge in [-0.3, -0.25) is 29.6 Å². The fourth-order valence-electron chi connectivity index (χ4n) is 4.09. The molecule has 0 aliphatic carbocycles. The molecule has 1 aromatic heterocycles. The Morgan fingerprint density at radius 1 is 1.13 bits per heavy atom. The standard InChI is InChI=1S/C20H25N7O6.C6H14N4O2/c1-27-12(9-23-16-15(27)18(31)26-20(21)25-16)8-22-11-4-2-10(3-5-11)17(30)24-13(19(32)33)6-7-14(28)29;7-4(5(11)12)2-1-3-10-6(8)9/h2-5,12-13,22H,6-9H2,1H3,(H,24,30)(H,28,29)(H,32,33)(H4,21,23,25,26,31);4H,1-3,7H2,(H,11,12)(H4,8,9,10)/t12-,13?;4-/m00/s1. The third-order valence-corrected chi connectivity index (χ3v) is 6.58. The van der Waals surface area contributed by atoms with E-state index in [-0.39, 0.29) is 41.9 Å². The number of amides is 1. The first-order valence-corrected chi connectivity index (χ1v) is 13.7. The van der Waals surface area contributed by atoms with Gasteiger partial charge < -0.3 is 58.7 Å². The average molecular weight is 634 g/mol. The van der Waals surface area contributed by atoms with Crippen molar-refractivity contribution in [3.8, 4) is 0 Å². The summed E-state index contributed by atoms with van der Waals surface area (Å²) in [6.45, 7) is 1.49. The molecule has 45 heavy (non-hydrogen) atoms. The number of nitrogen functional groups attached to an aromatic ring is 1. The van der Waals surface area contributed by atoms with Gasteiger partial charge in [0.2, 0.25) is 5.95 Å². The number of carbonyl (C=O) groups is 4. The Balaban J connectivity index is 0.000000498. The van der Waals surface area contributed by atoms with Crippen LogP contribution in [0.5, 0.6) is 0 Å². The van der Waals surface area contributed by atoms with Gasteiger partial charge in [-0.25, -0.2) is 4.79 Å². The minimum Gasteiger partial charge on any atom is -0.481 e. The third-order valence-electron chi connectivity index (χ3n) is 6.58. The molecule has 1 aliphatic rings. The second-order valence-corrected chi connectivity index (χ2v) is 9.98. The van der Waals surface area contributed by atoms with Gasteiger partial charge in [0.05, 0.1) is 6.04 Å². The molecule has 1 unspecified atom stereocenters. The van der Waals surface area contributed by atoms with Crippen molar-refractivity contribution in [1.82, 2.24) is 20.6 Å².